The first-order valence-electron chi connectivity index (χ1n) is 6.02. The lowest BCUT2D eigenvalue weighted by molar-refractivity contribution is 0.154. The van der Waals surface area contributed by atoms with Crippen LogP contribution in [-0.4, -0.2) is 36.5 Å². The molecule has 1 aliphatic heterocycles. The molecule has 0 aromatic carbocycles. The van der Waals surface area contributed by atoms with E-state index >= 15 is 0 Å². The number of amidine groups is 1. The third-order valence-corrected chi connectivity index (χ3v) is 2.64. The Kier molecular flexibility index (Phi) is 5.90. The van der Waals surface area contributed by atoms with Gasteiger partial charge in [-0.25, -0.2) is 4.79 Å². The highest BCUT2D eigenvalue weighted by Crippen LogP contribution is 2.07. The molecule has 1 radical (unpaired) electrons. The van der Waals surface area contributed by atoms with Crippen molar-refractivity contribution in [3.05, 3.63) is 6.42 Å². The largest absolute Gasteiger partial charge is 0.448 e. The molecule has 0 bridgehead atoms. The summed E-state index contributed by atoms with van der Waals surface area (Å²) in [4.78, 5) is 17.3. The van der Waals surface area contributed by atoms with Crippen molar-refractivity contribution >= 4 is 11.9 Å². The summed E-state index contributed by atoms with van der Waals surface area (Å²) in [6.45, 7) is 6.30. The van der Waals surface area contributed by atoms with E-state index in [1.54, 1.807) is 0 Å². The van der Waals surface area contributed by atoms with E-state index in [-0.39, 0.29) is 0 Å². The summed E-state index contributed by atoms with van der Waals surface area (Å²) in [6, 6.07) is 0. The number of unbranched alkanes of at least 4 members (excludes halogenated alkanes) is 2. The number of amides is 1. The fraction of sp³-hybridized carbons (Fsp3) is 0.750. The van der Waals surface area contributed by atoms with Crippen molar-refractivity contribution in [2.24, 2.45) is 4.99 Å². The standard InChI is InChI=1S/C12H21N2O2/c1-3-4-7-10-16-12(15)13-11(2)14-8-5-6-9-14/h5H,3-4,6-10H2,1-2H3. The lowest BCUT2D eigenvalue weighted by atomic mass is 10.3. The van der Waals surface area contributed by atoms with Crippen molar-refractivity contribution < 1.29 is 9.53 Å². The molecule has 0 saturated carbocycles. The zero-order valence-electron chi connectivity index (χ0n) is 10.2. The molecular formula is C12H21N2O2. The first-order valence-corrected chi connectivity index (χ1v) is 6.02. The van der Waals surface area contributed by atoms with Crippen LogP contribution in [0.15, 0.2) is 4.99 Å². The van der Waals surface area contributed by atoms with E-state index in [9.17, 15) is 4.79 Å². The van der Waals surface area contributed by atoms with Gasteiger partial charge in [-0.15, -0.1) is 0 Å². The molecule has 1 amide bonds. The van der Waals surface area contributed by atoms with Gasteiger partial charge in [0.1, 0.15) is 5.84 Å². The highest BCUT2D eigenvalue weighted by molar-refractivity contribution is 5.90. The minimum Gasteiger partial charge on any atom is -0.448 e. The molecule has 0 spiro atoms. The Bertz CT molecular complexity index is 245. The van der Waals surface area contributed by atoms with E-state index in [1.807, 2.05) is 6.92 Å². The van der Waals surface area contributed by atoms with E-state index in [0.717, 1.165) is 44.6 Å². The molecule has 1 rings (SSSR count). The third-order valence-electron chi connectivity index (χ3n) is 2.64. The van der Waals surface area contributed by atoms with Gasteiger partial charge in [0.25, 0.3) is 0 Å². The maximum Gasteiger partial charge on any atom is 0.435 e. The first-order chi connectivity index (χ1) is 7.74. The number of carbonyl (C=O) groups is 1. The second-order valence-electron chi connectivity index (χ2n) is 4.00. The lowest BCUT2D eigenvalue weighted by Gasteiger charge is -2.15. The second-order valence-corrected chi connectivity index (χ2v) is 4.00. The second kappa shape index (κ2) is 7.25. The highest BCUT2D eigenvalue weighted by Gasteiger charge is 2.14. The predicted molar refractivity (Wildman–Crippen MR) is 64.5 cm³/mol. The maximum absolute atomic E-state index is 11.3. The molecule has 4 nitrogen and oxygen atoms in total. The Hall–Kier alpha value is -1.06. The van der Waals surface area contributed by atoms with Gasteiger partial charge in [0.15, 0.2) is 0 Å². The van der Waals surface area contributed by atoms with Crippen molar-refractivity contribution in [2.45, 2.75) is 39.5 Å². The Labute approximate surface area is 97.7 Å². The molecule has 1 fully saturated rings. The number of hydrogen-bond acceptors (Lipinski definition) is 2. The van der Waals surface area contributed by atoms with Crippen LogP contribution in [0.5, 0.6) is 0 Å². The number of rotatable bonds is 4. The predicted octanol–water partition coefficient (Wildman–Crippen LogP) is 2.64. The molecule has 0 aliphatic carbocycles. The number of hydrogen-bond donors (Lipinski definition) is 0. The minimum atomic E-state index is -0.458. The number of likely N-dealkylation sites (tertiary alicyclic amines) is 1. The summed E-state index contributed by atoms with van der Waals surface area (Å²) in [5.74, 6) is 0.759. The van der Waals surface area contributed by atoms with Gasteiger partial charge in [0.05, 0.1) is 6.61 Å². The summed E-state index contributed by atoms with van der Waals surface area (Å²) in [5, 5.41) is 0. The van der Waals surface area contributed by atoms with Gasteiger partial charge in [-0.3, -0.25) is 0 Å². The van der Waals surface area contributed by atoms with Crippen LogP contribution in [0.1, 0.15) is 39.5 Å². The summed E-state index contributed by atoms with van der Waals surface area (Å²) in [6.07, 6.45) is 5.94. The van der Waals surface area contributed by atoms with Crippen LogP contribution in [0.2, 0.25) is 0 Å². The van der Waals surface area contributed by atoms with Gasteiger partial charge < -0.3 is 9.64 Å². The fourth-order valence-corrected chi connectivity index (χ4v) is 1.63. The first kappa shape index (κ1) is 13.0. The molecular weight excluding hydrogens is 204 g/mol. The smallest absolute Gasteiger partial charge is 0.435 e. The van der Waals surface area contributed by atoms with Crippen molar-refractivity contribution in [3.8, 4) is 0 Å². The van der Waals surface area contributed by atoms with Crippen molar-refractivity contribution in [3.63, 3.8) is 0 Å². The molecule has 0 aromatic heterocycles. The molecule has 1 aliphatic rings. The number of carbonyl (C=O) groups excluding carboxylic acids is 1. The number of nitrogens with zero attached hydrogens (tertiary/aromatic N) is 2. The van der Waals surface area contributed by atoms with E-state index in [1.165, 1.54) is 0 Å². The quantitative estimate of drug-likeness (QED) is 0.419. The molecule has 1 heterocycles. The van der Waals surface area contributed by atoms with E-state index in [4.69, 9.17) is 4.74 Å². The number of ether oxygens (including phenoxy) is 1. The van der Waals surface area contributed by atoms with Crippen LogP contribution in [0.25, 0.3) is 0 Å². The average Bonchev–Trinajstić information content (AvgIpc) is 2.77. The Morgan fingerprint density at radius 1 is 1.50 bits per heavy atom. The molecule has 0 aromatic rings. The average molecular weight is 225 g/mol. The van der Waals surface area contributed by atoms with Crippen LogP contribution in [0, 0.1) is 6.42 Å². The van der Waals surface area contributed by atoms with Crippen LogP contribution in [0.3, 0.4) is 0 Å². The Balaban J connectivity index is 2.22. The van der Waals surface area contributed by atoms with Gasteiger partial charge in [-0.1, -0.05) is 19.8 Å². The van der Waals surface area contributed by atoms with Gasteiger partial charge in [-0.05, 0) is 26.2 Å². The van der Waals surface area contributed by atoms with Crippen LogP contribution >= 0.6 is 0 Å². The van der Waals surface area contributed by atoms with E-state index < -0.39 is 6.09 Å². The van der Waals surface area contributed by atoms with E-state index in [0.29, 0.717) is 6.61 Å². The topological polar surface area (TPSA) is 41.9 Å². The molecule has 16 heavy (non-hydrogen) atoms. The van der Waals surface area contributed by atoms with Gasteiger partial charge in [0, 0.05) is 13.1 Å². The molecule has 1 saturated heterocycles. The SMILES string of the molecule is CCCCCOC(=O)N=C(C)N1C[CH]CC1. The van der Waals surface area contributed by atoms with Crippen molar-refractivity contribution in [1.82, 2.24) is 4.90 Å². The minimum absolute atomic E-state index is 0.458. The maximum atomic E-state index is 11.3. The summed E-state index contributed by atoms with van der Waals surface area (Å²) in [7, 11) is 0. The molecule has 91 valence electrons. The zero-order valence-corrected chi connectivity index (χ0v) is 10.2. The van der Waals surface area contributed by atoms with Gasteiger partial charge >= 0.3 is 6.09 Å². The molecule has 0 unspecified atom stereocenters. The van der Waals surface area contributed by atoms with Gasteiger partial charge in [0.2, 0.25) is 0 Å². The lowest BCUT2D eigenvalue weighted by Crippen LogP contribution is -2.26. The van der Waals surface area contributed by atoms with Crippen LogP contribution in [0.4, 0.5) is 4.79 Å². The summed E-state index contributed by atoms with van der Waals surface area (Å²) in [5.41, 5.74) is 0. The monoisotopic (exact) mass is 225 g/mol. The van der Waals surface area contributed by atoms with E-state index in [2.05, 4.69) is 23.2 Å². The Morgan fingerprint density at radius 3 is 2.94 bits per heavy atom. The number of aliphatic imine (C=N–C) groups is 1. The van der Waals surface area contributed by atoms with Crippen LogP contribution in [-0.2, 0) is 4.74 Å². The van der Waals surface area contributed by atoms with Crippen LogP contribution < -0.4 is 0 Å². The molecule has 4 heteroatoms. The van der Waals surface area contributed by atoms with Crippen molar-refractivity contribution in [2.75, 3.05) is 19.7 Å². The normalized spacial score (nSPS) is 16.6. The Morgan fingerprint density at radius 2 is 2.31 bits per heavy atom. The zero-order chi connectivity index (χ0) is 11.8. The third kappa shape index (κ3) is 4.64. The van der Waals surface area contributed by atoms with Crippen molar-refractivity contribution in [1.29, 1.82) is 0 Å². The highest BCUT2D eigenvalue weighted by atomic mass is 16.5. The molecule has 0 atom stereocenters. The fourth-order valence-electron chi connectivity index (χ4n) is 1.63. The summed E-state index contributed by atoms with van der Waals surface area (Å²) >= 11 is 0. The summed E-state index contributed by atoms with van der Waals surface area (Å²) < 4.78 is 5.01. The molecule has 0 N–H and O–H groups in total. The van der Waals surface area contributed by atoms with Gasteiger partial charge in [-0.2, -0.15) is 4.99 Å².